The maximum absolute atomic E-state index is 2.34. The van der Waals surface area contributed by atoms with Crippen LogP contribution in [0, 0.1) is 0 Å². The van der Waals surface area contributed by atoms with E-state index >= 15 is 0 Å². The third kappa shape index (κ3) is 4.00. The fourth-order valence-electron chi connectivity index (χ4n) is 7.05. The normalized spacial score (nSPS) is 11.6. The van der Waals surface area contributed by atoms with Crippen LogP contribution in [0.15, 0.2) is 170 Å². The zero-order chi connectivity index (χ0) is 29.0. The highest BCUT2D eigenvalue weighted by Gasteiger charge is 2.13. The van der Waals surface area contributed by atoms with Gasteiger partial charge in [0.25, 0.3) is 0 Å². The molecule has 0 aliphatic carbocycles. The zero-order valence-corrected chi connectivity index (χ0v) is 24.2. The summed E-state index contributed by atoms with van der Waals surface area (Å²) >= 11 is 0. The Morgan fingerprint density at radius 3 is 1.41 bits per heavy atom. The van der Waals surface area contributed by atoms with Crippen LogP contribution in [0.2, 0.25) is 0 Å². The maximum atomic E-state index is 2.34. The summed E-state index contributed by atoms with van der Waals surface area (Å²) in [5.74, 6) is 0. The molecule has 0 saturated carbocycles. The molecule has 0 saturated heterocycles. The summed E-state index contributed by atoms with van der Waals surface area (Å²) in [5.41, 5.74) is 9.92. The van der Waals surface area contributed by atoms with Crippen molar-refractivity contribution < 1.29 is 0 Å². The third-order valence-corrected chi connectivity index (χ3v) is 9.22. The molecule has 0 N–H and O–H groups in total. The van der Waals surface area contributed by atoms with Crippen LogP contribution in [0.4, 0.5) is 0 Å². The molecule has 0 aromatic heterocycles. The highest BCUT2D eigenvalue weighted by Crippen LogP contribution is 2.40. The maximum Gasteiger partial charge on any atom is -0.00206 e. The summed E-state index contributed by atoms with van der Waals surface area (Å²) in [7, 11) is 0. The van der Waals surface area contributed by atoms with E-state index in [1.165, 1.54) is 87.6 Å². The summed E-state index contributed by atoms with van der Waals surface area (Å²) < 4.78 is 0. The Balaban J connectivity index is 1.08. The quantitative estimate of drug-likeness (QED) is 0.189. The Morgan fingerprint density at radius 1 is 0.227 bits per heavy atom. The van der Waals surface area contributed by atoms with Crippen LogP contribution in [-0.2, 0) is 0 Å². The van der Waals surface area contributed by atoms with Crippen molar-refractivity contribution in [3.63, 3.8) is 0 Å². The highest BCUT2D eigenvalue weighted by molar-refractivity contribution is 6.25. The molecule has 0 unspecified atom stereocenters. The van der Waals surface area contributed by atoms with Gasteiger partial charge < -0.3 is 0 Å². The van der Waals surface area contributed by atoms with Crippen LogP contribution in [0.5, 0.6) is 0 Å². The van der Waals surface area contributed by atoms with E-state index in [0.717, 1.165) is 0 Å². The minimum atomic E-state index is 1.22. The summed E-state index contributed by atoms with van der Waals surface area (Å²) in [4.78, 5) is 0. The molecule has 0 nitrogen and oxygen atoms in total. The van der Waals surface area contributed by atoms with Gasteiger partial charge in [-0.05, 0) is 99.7 Å². The van der Waals surface area contributed by atoms with Gasteiger partial charge >= 0.3 is 0 Å². The number of rotatable bonds is 4. The second-order valence-electron chi connectivity index (χ2n) is 11.7. The van der Waals surface area contributed by atoms with Gasteiger partial charge in [0, 0.05) is 0 Å². The van der Waals surface area contributed by atoms with Crippen LogP contribution in [0.1, 0.15) is 0 Å². The number of hydrogen-bond acceptors (Lipinski definition) is 0. The Labute approximate surface area is 256 Å². The van der Waals surface area contributed by atoms with Gasteiger partial charge in [-0.15, -0.1) is 0 Å². The molecule has 0 fully saturated rings. The molecular formula is C44H28. The van der Waals surface area contributed by atoms with E-state index in [1.807, 2.05) is 0 Å². The van der Waals surface area contributed by atoms with Crippen molar-refractivity contribution in [2.45, 2.75) is 0 Å². The van der Waals surface area contributed by atoms with Crippen LogP contribution in [0.25, 0.3) is 87.6 Å². The van der Waals surface area contributed by atoms with E-state index in [-0.39, 0.29) is 0 Å². The van der Waals surface area contributed by atoms with E-state index in [9.17, 15) is 0 Å². The first-order valence-corrected chi connectivity index (χ1v) is 15.3. The van der Waals surface area contributed by atoms with Gasteiger partial charge in [-0.2, -0.15) is 0 Å². The van der Waals surface area contributed by atoms with Gasteiger partial charge in [0.15, 0.2) is 0 Å². The fourth-order valence-corrected chi connectivity index (χ4v) is 7.05. The van der Waals surface area contributed by atoms with E-state index in [1.54, 1.807) is 0 Å². The monoisotopic (exact) mass is 556 g/mol. The van der Waals surface area contributed by atoms with Gasteiger partial charge in [-0.1, -0.05) is 158 Å². The molecule has 204 valence electrons. The lowest BCUT2D eigenvalue weighted by molar-refractivity contribution is 1.58. The van der Waals surface area contributed by atoms with Crippen molar-refractivity contribution in [3.05, 3.63) is 170 Å². The Kier molecular flexibility index (Phi) is 5.61. The summed E-state index contributed by atoms with van der Waals surface area (Å²) in [6.07, 6.45) is 0. The highest BCUT2D eigenvalue weighted by atomic mass is 14.2. The molecule has 9 rings (SSSR count). The first-order chi connectivity index (χ1) is 21.8. The number of fused-ring (bicyclic) bond motifs is 1. The smallest absolute Gasteiger partial charge is 0.00206 e. The van der Waals surface area contributed by atoms with Gasteiger partial charge in [-0.3, -0.25) is 0 Å². The molecule has 0 atom stereocenters. The molecule has 0 heteroatoms. The Morgan fingerprint density at radius 2 is 0.705 bits per heavy atom. The molecule has 0 spiro atoms. The van der Waals surface area contributed by atoms with Gasteiger partial charge in [-0.25, -0.2) is 0 Å². The van der Waals surface area contributed by atoms with Crippen molar-refractivity contribution in [3.8, 4) is 44.5 Å². The summed E-state index contributed by atoms with van der Waals surface area (Å²) in [5, 5.41) is 10.5. The summed E-state index contributed by atoms with van der Waals surface area (Å²) in [6.45, 7) is 0. The van der Waals surface area contributed by atoms with Crippen molar-refractivity contribution in [1.82, 2.24) is 0 Å². The van der Waals surface area contributed by atoms with E-state index in [0.29, 0.717) is 0 Å². The molecule has 44 heavy (non-hydrogen) atoms. The molecule has 0 amide bonds. The van der Waals surface area contributed by atoms with Crippen molar-refractivity contribution in [2.75, 3.05) is 0 Å². The SMILES string of the molecule is c1cc(-c2ccc(-c3cccc(-c4ccc5ccc6cccc7ccc4c5c67)c3)cc2)cc(-c2cccc3ccccc23)c1. The topological polar surface area (TPSA) is 0 Å². The minimum absolute atomic E-state index is 1.22. The molecule has 0 aliphatic heterocycles. The van der Waals surface area contributed by atoms with E-state index in [4.69, 9.17) is 0 Å². The van der Waals surface area contributed by atoms with Crippen LogP contribution < -0.4 is 0 Å². The molecule has 9 aromatic rings. The summed E-state index contributed by atoms with van der Waals surface area (Å²) in [6, 6.07) is 62.3. The number of benzene rings is 9. The predicted molar refractivity (Wildman–Crippen MR) is 189 cm³/mol. The molecule has 0 heterocycles. The van der Waals surface area contributed by atoms with Crippen molar-refractivity contribution in [1.29, 1.82) is 0 Å². The third-order valence-electron chi connectivity index (χ3n) is 9.22. The first kappa shape index (κ1) is 24.8. The lowest BCUT2D eigenvalue weighted by Gasteiger charge is -2.15. The Hall–Kier alpha value is -5.72. The molecule has 0 aliphatic rings. The first-order valence-electron chi connectivity index (χ1n) is 15.3. The second kappa shape index (κ2) is 9.93. The fraction of sp³-hybridized carbons (Fsp3) is 0. The van der Waals surface area contributed by atoms with Crippen molar-refractivity contribution >= 4 is 43.1 Å². The van der Waals surface area contributed by atoms with Gasteiger partial charge in [0.05, 0.1) is 0 Å². The van der Waals surface area contributed by atoms with Gasteiger partial charge in [0.2, 0.25) is 0 Å². The standard InChI is InChI=1S/C44H28/c1-2-15-39-31(7-1)8-6-16-40(39)37-13-4-11-35(27-37)29-17-19-30(20-18-29)36-12-5-14-38(28-36)41-25-23-34-22-21-32-9-3-10-33-24-26-42(41)44(34)43(32)33/h1-28H. The zero-order valence-electron chi connectivity index (χ0n) is 24.2. The average molecular weight is 557 g/mol. The minimum Gasteiger partial charge on any atom is -0.0616 e. The predicted octanol–water partition coefficient (Wildman–Crippen LogP) is 12.4. The van der Waals surface area contributed by atoms with Crippen LogP contribution in [0.3, 0.4) is 0 Å². The van der Waals surface area contributed by atoms with Crippen LogP contribution >= 0.6 is 0 Å². The number of hydrogen-bond donors (Lipinski definition) is 0. The van der Waals surface area contributed by atoms with Gasteiger partial charge in [0.1, 0.15) is 0 Å². The largest absolute Gasteiger partial charge is 0.0616 e. The lowest BCUT2D eigenvalue weighted by atomic mass is 9.89. The second-order valence-corrected chi connectivity index (χ2v) is 11.7. The van der Waals surface area contributed by atoms with Crippen LogP contribution in [-0.4, -0.2) is 0 Å². The molecule has 9 aromatic carbocycles. The van der Waals surface area contributed by atoms with E-state index < -0.39 is 0 Å². The molecule has 0 radical (unpaired) electrons. The molecule has 0 bridgehead atoms. The Bertz CT molecular complexity index is 2460. The average Bonchev–Trinajstić information content (AvgIpc) is 3.10. The van der Waals surface area contributed by atoms with Crippen molar-refractivity contribution in [2.24, 2.45) is 0 Å². The lowest BCUT2D eigenvalue weighted by Crippen LogP contribution is -1.88. The molecular weight excluding hydrogens is 528 g/mol. The van der Waals surface area contributed by atoms with E-state index in [2.05, 4.69) is 170 Å².